The molecule has 1 aliphatic heterocycles. The molecule has 1 atom stereocenters. The first-order valence-electron chi connectivity index (χ1n) is 11.3. The van der Waals surface area contributed by atoms with Crippen LogP contribution < -0.4 is 4.90 Å². The largest absolute Gasteiger partial charge is 0.308 e. The molecule has 2 aromatic carbocycles. The van der Waals surface area contributed by atoms with E-state index in [4.69, 9.17) is 0 Å². The number of anilines is 1. The zero-order valence-electron chi connectivity index (χ0n) is 19.6. The van der Waals surface area contributed by atoms with E-state index in [1.165, 1.54) is 38.7 Å². The van der Waals surface area contributed by atoms with E-state index in [2.05, 4.69) is 11.9 Å². The standard InChI is InChI=1S/C24H29FN4O3S2/c1-17-6-5-13-28(16-17)34(31,32)19-11-9-18(10-12-19)23(30)29(15-14-27(2)3)24-26-22-20(25)7-4-8-21(22)33-24/h4,7-12,17H,5-6,13-16H2,1-3H3. The third-order valence-corrected chi connectivity index (χ3v) is 8.89. The monoisotopic (exact) mass is 504 g/mol. The fourth-order valence-electron chi connectivity index (χ4n) is 4.04. The fourth-order valence-corrected chi connectivity index (χ4v) is 6.64. The normalized spacial score (nSPS) is 17.4. The minimum absolute atomic E-state index is 0.181. The Labute approximate surface area is 203 Å². The summed E-state index contributed by atoms with van der Waals surface area (Å²) in [6.07, 6.45) is 1.87. The Morgan fingerprint density at radius 1 is 1.18 bits per heavy atom. The van der Waals surface area contributed by atoms with Gasteiger partial charge in [-0.1, -0.05) is 24.3 Å². The van der Waals surface area contributed by atoms with E-state index in [1.807, 2.05) is 19.0 Å². The predicted molar refractivity (Wildman–Crippen MR) is 133 cm³/mol. The molecule has 7 nitrogen and oxygen atoms in total. The first-order chi connectivity index (χ1) is 16.2. The molecule has 0 spiro atoms. The maximum atomic E-state index is 14.2. The third-order valence-electron chi connectivity index (χ3n) is 5.96. The van der Waals surface area contributed by atoms with Crippen LogP contribution in [0.15, 0.2) is 47.4 Å². The lowest BCUT2D eigenvalue weighted by Crippen LogP contribution is -2.39. The molecule has 1 aliphatic rings. The van der Waals surface area contributed by atoms with Crippen molar-refractivity contribution in [2.45, 2.75) is 24.7 Å². The summed E-state index contributed by atoms with van der Waals surface area (Å²) in [5.41, 5.74) is 0.590. The molecule has 1 fully saturated rings. The Morgan fingerprint density at radius 2 is 1.91 bits per heavy atom. The topological polar surface area (TPSA) is 73.8 Å². The average molecular weight is 505 g/mol. The molecule has 1 amide bonds. The Bertz CT molecular complexity index is 1280. The van der Waals surface area contributed by atoms with Gasteiger partial charge in [0.2, 0.25) is 10.0 Å². The first kappa shape index (κ1) is 24.7. The number of para-hydroxylation sites is 1. The highest BCUT2D eigenvalue weighted by molar-refractivity contribution is 7.89. The van der Waals surface area contributed by atoms with Crippen molar-refractivity contribution < 1.29 is 17.6 Å². The quantitative estimate of drug-likeness (QED) is 0.485. The van der Waals surface area contributed by atoms with Gasteiger partial charge in [-0.25, -0.2) is 17.8 Å². The number of amides is 1. The van der Waals surface area contributed by atoms with Crippen molar-refractivity contribution in [3.05, 3.63) is 53.8 Å². The Kier molecular flexibility index (Phi) is 7.32. The van der Waals surface area contributed by atoms with Gasteiger partial charge in [-0.15, -0.1) is 0 Å². The maximum absolute atomic E-state index is 14.2. The number of piperidine rings is 1. The second kappa shape index (κ2) is 10.1. The van der Waals surface area contributed by atoms with E-state index in [1.54, 1.807) is 24.3 Å². The molecule has 2 heterocycles. The highest BCUT2D eigenvalue weighted by atomic mass is 32.2. The van der Waals surface area contributed by atoms with Gasteiger partial charge < -0.3 is 4.90 Å². The molecule has 0 N–H and O–H groups in total. The highest BCUT2D eigenvalue weighted by Gasteiger charge is 2.29. The van der Waals surface area contributed by atoms with Crippen LogP contribution in [0.4, 0.5) is 9.52 Å². The number of thiazole rings is 1. The van der Waals surface area contributed by atoms with Gasteiger partial charge in [-0.2, -0.15) is 4.31 Å². The van der Waals surface area contributed by atoms with Crippen LogP contribution in [0, 0.1) is 11.7 Å². The molecular weight excluding hydrogens is 475 g/mol. The predicted octanol–water partition coefficient (Wildman–Crippen LogP) is 4.06. The van der Waals surface area contributed by atoms with Crippen LogP contribution >= 0.6 is 11.3 Å². The molecule has 0 aliphatic carbocycles. The van der Waals surface area contributed by atoms with E-state index >= 15 is 0 Å². The van der Waals surface area contributed by atoms with Crippen LogP contribution in [0.2, 0.25) is 0 Å². The molecule has 3 aromatic rings. The number of carbonyl (C=O) groups is 1. The summed E-state index contributed by atoms with van der Waals surface area (Å²) in [6.45, 7) is 4.03. The van der Waals surface area contributed by atoms with Gasteiger partial charge in [0.05, 0.1) is 9.60 Å². The zero-order valence-corrected chi connectivity index (χ0v) is 21.2. The number of rotatable bonds is 7. The fraction of sp³-hybridized carbons (Fsp3) is 0.417. The van der Waals surface area contributed by atoms with Gasteiger partial charge in [0.1, 0.15) is 11.3 Å². The number of carbonyl (C=O) groups excluding carboxylic acids is 1. The van der Waals surface area contributed by atoms with Gasteiger partial charge in [-0.05, 0) is 69.3 Å². The van der Waals surface area contributed by atoms with Crippen LogP contribution in [-0.2, 0) is 10.0 Å². The number of likely N-dealkylation sites (N-methyl/N-ethyl adjacent to an activating group) is 1. The van der Waals surface area contributed by atoms with Gasteiger partial charge in [0.15, 0.2) is 5.13 Å². The summed E-state index contributed by atoms with van der Waals surface area (Å²) in [5.74, 6) is -0.410. The van der Waals surface area contributed by atoms with Gasteiger partial charge in [-0.3, -0.25) is 9.69 Å². The van der Waals surface area contributed by atoms with Gasteiger partial charge in [0, 0.05) is 31.7 Å². The zero-order chi connectivity index (χ0) is 24.5. The van der Waals surface area contributed by atoms with E-state index in [0.717, 1.165) is 12.8 Å². The third kappa shape index (κ3) is 5.14. The van der Waals surface area contributed by atoms with Crippen LogP contribution in [0.3, 0.4) is 0 Å². The van der Waals surface area contributed by atoms with Crippen molar-refractivity contribution in [3.8, 4) is 0 Å². The Hall–Kier alpha value is -2.40. The number of hydrogen-bond donors (Lipinski definition) is 0. The molecule has 34 heavy (non-hydrogen) atoms. The van der Waals surface area contributed by atoms with Crippen molar-refractivity contribution in [1.82, 2.24) is 14.2 Å². The van der Waals surface area contributed by atoms with Crippen molar-refractivity contribution in [3.63, 3.8) is 0 Å². The molecular formula is C24H29FN4O3S2. The smallest absolute Gasteiger partial charge is 0.260 e. The summed E-state index contributed by atoms with van der Waals surface area (Å²) in [7, 11) is 0.206. The first-order valence-corrected chi connectivity index (χ1v) is 13.5. The maximum Gasteiger partial charge on any atom is 0.260 e. The lowest BCUT2D eigenvalue weighted by molar-refractivity contribution is 0.0985. The molecule has 10 heteroatoms. The second-order valence-corrected chi connectivity index (χ2v) is 11.9. The Morgan fingerprint density at radius 3 is 2.56 bits per heavy atom. The Balaban J connectivity index is 1.61. The summed E-state index contributed by atoms with van der Waals surface area (Å²) in [4.78, 5) is 21.5. The van der Waals surface area contributed by atoms with Crippen LogP contribution in [0.25, 0.3) is 10.2 Å². The van der Waals surface area contributed by atoms with Crippen molar-refractivity contribution in [1.29, 1.82) is 0 Å². The van der Waals surface area contributed by atoms with E-state index in [0.29, 0.717) is 47.5 Å². The number of aromatic nitrogens is 1. The van der Waals surface area contributed by atoms with Crippen molar-refractivity contribution in [2.24, 2.45) is 5.92 Å². The SMILES string of the molecule is CC1CCCN(S(=O)(=O)c2ccc(C(=O)N(CCN(C)C)c3nc4c(F)cccc4s3)cc2)C1. The lowest BCUT2D eigenvalue weighted by Gasteiger charge is -2.30. The summed E-state index contributed by atoms with van der Waals surface area (Å²) in [5, 5.41) is 0.408. The molecule has 1 aromatic heterocycles. The number of fused-ring (bicyclic) bond motifs is 1. The molecule has 0 saturated carbocycles. The van der Waals surface area contributed by atoms with Gasteiger partial charge >= 0.3 is 0 Å². The van der Waals surface area contributed by atoms with E-state index in [9.17, 15) is 17.6 Å². The molecule has 182 valence electrons. The molecule has 1 unspecified atom stereocenters. The molecule has 1 saturated heterocycles. The number of benzene rings is 2. The number of sulfonamides is 1. The molecule has 0 radical (unpaired) electrons. The lowest BCUT2D eigenvalue weighted by atomic mass is 10.0. The summed E-state index contributed by atoms with van der Waals surface area (Å²) < 4.78 is 42.5. The summed E-state index contributed by atoms with van der Waals surface area (Å²) in [6, 6.07) is 10.8. The molecule has 4 rings (SSSR count). The van der Waals surface area contributed by atoms with Crippen LogP contribution in [-0.4, -0.2) is 68.8 Å². The number of hydrogen-bond acceptors (Lipinski definition) is 6. The number of halogens is 1. The summed E-state index contributed by atoms with van der Waals surface area (Å²) >= 11 is 1.25. The van der Waals surface area contributed by atoms with E-state index in [-0.39, 0.29) is 16.3 Å². The minimum atomic E-state index is -3.60. The number of nitrogens with zero attached hydrogens (tertiary/aromatic N) is 4. The van der Waals surface area contributed by atoms with Gasteiger partial charge in [0.25, 0.3) is 5.91 Å². The molecule has 0 bridgehead atoms. The minimum Gasteiger partial charge on any atom is -0.308 e. The van der Waals surface area contributed by atoms with Crippen molar-refractivity contribution >= 4 is 42.6 Å². The average Bonchev–Trinajstić information content (AvgIpc) is 3.24. The van der Waals surface area contributed by atoms with Crippen LogP contribution in [0.1, 0.15) is 30.1 Å². The van der Waals surface area contributed by atoms with E-state index < -0.39 is 15.8 Å². The van der Waals surface area contributed by atoms with Crippen LogP contribution in [0.5, 0.6) is 0 Å². The van der Waals surface area contributed by atoms with Crippen molar-refractivity contribution in [2.75, 3.05) is 45.2 Å². The second-order valence-electron chi connectivity index (χ2n) is 8.98. The highest BCUT2D eigenvalue weighted by Crippen LogP contribution is 2.31.